The van der Waals surface area contributed by atoms with Crippen molar-refractivity contribution >= 4 is 5.97 Å². The summed E-state index contributed by atoms with van der Waals surface area (Å²) in [6.45, 7) is 0. The van der Waals surface area contributed by atoms with Crippen LogP contribution in [0.5, 0.6) is 0 Å². The van der Waals surface area contributed by atoms with Gasteiger partial charge in [-0.15, -0.1) is 0 Å². The molecule has 0 amide bonds. The zero-order valence-corrected chi connectivity index (χ0v) is 14.4. The molecule has 132 valence electrons. The van der Waals surface area contributed by atoms with Crippen LogP contribution in [0.3, 0.4) is 0 Å². The van der Waals surface area contributed by atoms with Crippen molar-refractivity contribution in [3.8, 4) is 0 Å². The van der Waals surface area contributed by atoms with Gasteiger partial charge in [-0.2, -0.15) is 0 Å². The highest BCUT2D eigenvalue weighted by Gasteiger charge is 2.77. The first-order valence-corrected chi connectivity index (χ1v) is 10.8. The fourth-order valence-electron chi connectivity index (χ4n) is 10.8. The molecule has 2 aliphatic heterocycles. The molecule has 0 radical (unpaired) electrons. The van der Waals surface area contributed by atoms with Crippen molar-refractivity contribution < 1.29 is 14.6 Å². The highest BCUT2D eigenvalue weighted by atomic mass is 16.5. The van der Waals surface area contributed by atoms with Crippen LogP contribution in [0.4, 0.5) is 0 Å². The molecule has 5 saturated carbocycles. The molecule has 2 heterocycles. The van der Waals surface area contributed by atoms with Gasteiger partial charge >= 0.3 is 5.97 Å². The van der Waals surface area contributed by atoms with Crippen molar-refractivity contribution in [2.45, 2.75) is 37.9 Å². The molecule has 6 aliphatic carbocycles. The van der Waals surface area contributed by atoms with Crippen LogP contribution in [0.25, 0.3) is 0 Å². The van der Waals surface area contributed by atoms with Gasteiger partial charge in [-0.1, -0.05) is 12.2 Å². The molecule has 25 heavy (non-hydrogen) atoms. The number of carboxylic acids is 1. The molecule has 7 fully saturated rings. The molecule has 15 atom stereocenters. The van der Waals surface area contributed by atoms with Crippen LogP contribution < -0.4 is 0 Å². The molecule has 1 N–H and O–H groups in total. The van der Waals surface area contributed by atoms with Gasteiger partial charge in [-0.3, -0.25) is 4.79 Å². The average Bonchev–Trinajstić information content (AvgIpc) is 3.46. The molecule has 3 nitrogen and oxygen atoms in total. The maximum absolute atomic E-state index is 11.7. The summed E-state index contributed by atoms with van der Waals surface area (Å²) >= 11 is 0. The van der Waals surface area contributed by atoms with Crippen molar-refractivity contribution in [3.05, 3.63) is 12.2 Å². The Labute approximate surface area is 148 Å². The lowest BCUT2D eigenvalue weighted by Crippen LogP contribution is -2.50. The van der Waals surface area contributed by atoms with E-state index in [0.717, 1.165) is 59.7 Å². The van der Waals surface area contributed by atoms with Crippen molar-refractivity contribution in [3.63, 3.8) is 0 Å². The number of hydrogen-bond acceptors (Lipinski definition) is 2. The molecular formula is C22H26O3. The number of carbonyl (C=O) groups is 1. The topological polar surface area (TPSA) is 46.5 Å². The van der Waals surface area contributed by atoms with Crippen molar-refractivity contribution in [2.75, 3.05) is 0 Å². The van der Waals surface area contributed by atoms with Gasteiger partial charge in [0.2, 0.25) is 0 Å². The SMILES string of the molecule is O=C(O)C1CC2CC1C1C3OC(C21)C1C2CC(C4C5C=CC(C5)C24)C31. The fraction of sp³-hybridized carbons (Fsp3) is 0.864. The van der Waals surface area contributed by atoms with Crippen LogP contribution in [-0.4, -0.2) is 23.3 Å². The van der Waals surface area contributed by atoms with Crippen LogP contribution >= 0.6 is 0 Å². The van der Waals surface area contributed by atoms with Gasteiger partial charge in [0.1, 0.15) is 0 Å². The van der Waals surface area contributed by atoms with Gasteiger partial charge in [0.05, 0.1) is 18.1 Å². The summed E-state index contributed by atoms with van der Waals surface area (Å²) < 4.78 is 6.74. The van der Waals surface area contributed by atoms with E-state index in [-0.39, 0.29) is 5.92 Å². The zero-order chi connectivity index (χ0) is 16.2. The summed E-state index contributed by atoms with van der Waals surface area (Å²) in [7, 11) is 0. The number of ether oxygens (including phenoxy) is 1. The first-order chi connectivity index (χ1) is 12.2. The Bertz CT molecular complexity index is 729. The van der Waals surface area contributed by atoms with Crippen LogP contribution in [0.2, 0.25) is 0 Å². The molecule has 0 aromatic heterocycles. The second-order valence-corrected chi connectivity index (χ2v) is 10.9. The minimum absolute atomic E-state index is 0.0654. The lowest BCUT2D eigenvalue weighted by Gasteiger charge is -2.47. The smallest absolute Gasteiger partial charge is 0.306 e. The zero-order valence-electron chi connectivity index (χ0n) is 14.4. The van der Waals surface area contributed by atoms with E-state index in [9.17, 15) is 9.90 Å². The fourth-order valence-corrected chi connectivity index (χ4v) is 10.8. The summed E-state index contributed by atoms with van der Waals surface area (Å²) in [6.07, 6.45) is 11.1. The summed E-state index contributed by atoms with van der Waals surface area (Å²) in [5.41, 5.74) is 0. The van der Waals surface area contributed by atoms with Gasteiger partial charge in [-0.05, 0) is 96.7 Å². The molecule has 8 aliphatic rings. The number of aliphatic carboxylic acids is 1. The van der Waals surface area contributed by atoms with E-state index in [1.165, 1.54) is 19.3 Å². The Balaban J connectivity index is 1.20. The van der Waals surface area contributed by atoms with E-state index >= 15 is 0 Å². The van der Waals surface area contributed by atoms with Crippen molar-refractivity contribution in [1.29, 1.82) is 0 Å². The summed E-state index contributed by atoms with van der Waals surface area (Å²) in [5, 5.41) is 9.66. The molecule has 2 saturated heterocycles. The predicted octanol–water partition coefficient (Wildman–Crippen LogP) is 3.06. The number of hydrogen-bond donors (Lipinski definition) is 1. The van der Waals surface area contributed by atoms with Crippen LogP contribution in [0.1, 0.15) is 25.7 Å². The lowest BCUT2D eigenvalue weighted by atomic mass is 9.54. The van der Waals surface area contributed by atoms with Crippen molar-refractivity contribution in [1.82, 2.24) is 0 Å². The Morgan fingerprint density at radius 1 is 0.760 bits per heavy atom. The third-order valence-corrected chi connectivity index (χ3v) is 10.8. The first kappa shape index (κ1) is 13.4. The van der Waals surface area contributed by atoms with E-state index in [1.807, 2.05) is 0 Å². The molecule has 3 heteroatoms. The second-order valence-electron chi connectivity index (χ2n) is 10.9. The van der Waals surface area contributed by atoms with Gasteiger partial charge in [0.15, 0.2) is 0 Å². The van der Waals surface area contributed by atoms with E-state index in [0.29, 0.717) is 30.0 Å². The quantitative estimate of drug-likeness (QED) is 0.590. The van der Waals surface area contributed by atoms with E-state index in [4.69, 9.17) is 4.74 Å². The molecule has 0 aromatic carbocycles. The summed E-state index contributed by atoms with van der Waals surface area (Å²) in [6, 6.07) is 0. The lowest BCUT2D eigenvalue weighted by molar-refractivity contribution is -0.145. The molecule has 0 spiro atoms. The van der Waals surface area contributed by atoms with E-state index in [1.54, 1.807) is 0 Å². The maximum atomic E-state index is 11.7. The number of allylic oxidation sites excluding steroid dienone is 2. The van der Waals surface area contributed by atoms with Gasteiger partial charge in [0.25, 0.3) is 0 Å². The second kappa shape index (κ2) is 3.88. The van der Waals surface area contributed by atoms with E-state index < -0.39 is 5.97 Å². The summed E-state index contributed by atoms with van der Waals surface area (Å²) in [5.74, 6) is 8.96. The summed E-state index contributed by atoms with van der Waals surface area (Å²) in [4.78, 5) is 11.7. The average molecular weight is 338 g/mol. The highest BCUT2D eigenvalue weighted by Crippen LogP contribution is 2.77. The minimum atomic E-state index is -0.531. The molecule has 15 unspecified atom stereocenters. The Kier molecular flexibility index (Phi) is 2.07. The Morgan fingerprint density at radius 2 is 1.40 bits per heavy atom. The third kappa shape index (κ3) is 1.22. The Hall–Kier alpha value is -0.830. The van der Waals surface area contributed by atoms with E-state index in [2.05, 4.69) is 12.2 Å². The molecule has 0 aromatic rings. The predicted molar refractivity (Wildman–Crippen MR) is 89.3 cm³/mol. The molecule has 8 bridgehead atoms. The minimum Gasteiger partial charge on any atom is -0.481 e. The van der Waals surface area contributed by atoms with Crippen molar-refractivity contribution in [2.24, 2.45) is 76.9 Å². The van der Waals surface area contributed by atoms with Gasteiger partial charge in [0, 0.05) is 0 Å². The number of fused-ring (bicyclic) bond motifs is 23. The third-order valence-electron chi connectivity index (χ3n) is 10.8. The number of carboxylic acid groups (broad SMARTS) is 1. The van der Waals surface area contributed by atoms with Crippen LogP contribution in [-0.2, 0) is 9.53 Å². The standard InChI is InChI=1S/C22H26O3/c23-22(24)11-5-9-4-10(11)17-16(9)20-18-12-6-13(19(18)21(17)25-20)15-8-2-1-7(3-8)14(12)15/h1-2,7-21H,3-6H2,(H,23,24). The Morgan fingerprint density at radius 3 is 2.08 bits per heavy atom. The van der Waals surface area contributed by atoms with Crippen LogP contribution in [0, 0.1) is 76.9 Å². The largest absolute Gasteiger partial charge is 0.481 e. The first-order valence-electron chi connectivity index (χ1n) is 10.8. The number of rotatable bonds is 1. The molecule has 8 rings (SSSR count). The normalized spacial score (nSPS) is 71.8. The van der Waals surface area contributed by atoms with Crippen LogP contribution in [0.15, 0.2) is 12.2 Å². The highest BCUT2D eigenvalue weighted by molar-refractivity contribution is 5.71. The maximum Gasteiger partial charge on any atom is 0.306 e. The molecular weight excluding hydrogens is 312 g/mol. The monoisotopic (exact) mass is 338 g/mol. The van der Waals surface area contributed by atoms with Gasteiger partial charge < -0.3 is 9.84 Å². The van der Waals surface area contributed by atoms with Gasteiger partial charge in [-0.25, -0.2) is 0 Å².